The van der Waals surface area contributed by atoms with Crippen LogP contribution in [0.15, 0.2) is 66.7 Å². The van der Waals surface area contributed by atoms with Crippen molar-refractivity contribution in [1.82, 2.24) is 0 Å². The molecule has 8 nitrogen and oxygen atoms in total. The van der Waals surface area contributed by atoms with Crippen molar-refractivity contribution in [3.05, 3.63) is 93.0 Å². The molecule has 1 fully saturated rings. The van der Waals surface area contributed by atoms with Crippen molar-refractivity contribution in [2.24, 2.45) is 0 Å². The van der Waals surface area contributed by atoms with Crippen LogP contribution in [0.1, 0.15) is 33.6 Å². The zero-order valence-electron chi connectivity index (χ0n) is 17.6. The number of nitrogens with one attached hydrogen (secondary N) is 2. The zero-order chi connectivity index (χ0) is 23.4. The molecular formula is C24H21ClN4O4. The van der Waals surface area contributed by atoms with Crippen LogP contribution < -0.4 is 15.5 Å². The van der Waals surface area contributed by atoms with Crippen LogP contribution in [-0.4, -0.2) is 29.8 Å². The molecule has 1 aliphatic heterocycles. The number of hydrogen-bond donors (Lipinski definition) is 2. The third-order valence-electron chi connectivity index (χ3n) is 5.35. The molecule has 0 saturated carbocycles. The van der Waals surface area contributed by atoms with Crippen molar-refractivity contribution in [3.63, 3.8) is 0 Å². The van der Waals surface area contributed by atoms with E-state index in [1.54, 1.807) is 60.7 Å². The minimum absolute atomic E-state index is 0.0907. The fourth-order valence-electron chi connectivity index (χ4n) is 3.75. The van der Waals surface area contributed by atoms with Crippen LogP contribution in [0, 0.1) is 10.1 Å². The van der Waals surface area contributed by atoms with Gasteiger partial charge in [-0.05, 0) is 61.4 Å². The monoisotopic (exact) mass is 464 g/mol. The Labute approximate surface area is 195 Å². The lowest BCUT2D eigenvalue weighted by molar-refractivity contribution is -0.384. The highest BCUT2D eigenvalue weighted by atomic mass is 35.5. The third-order valence-corrected chi connectivity index (χ3v) is 5.58. The normalized spacial score (nSPS) is 12.9. The zero-order valence-corrected chi connectivity index (χ0v) is 18.3. The summed E-state index contributed by atoms with van der Waals surface area (Å²) in [5.74, 6) is -0.821. The smallest absolute Gasteiger partial charge is 0.293 e. The van der Waals surface area contributed by atoms with E-state index in [-0.39, 0.29) is 17.2 Å². The second-order valence-electron chi connectivity index (χ2n) is 7.65. The van der Waals surface area contributed by atoms with E-state index in [0.717, 1.165) is 25.9 Å². The summed E-state index contributed by atoms with van der Waals surface area (Å²) in [5, 5.41) is 17.5. The van der Waals surface area contributed by atoms with Gasteiger partial charge in [-0.1, -0.05) is 23.7 Å². The SMILES string of the molecule is O=C(Nc1cccc(NC(=O)c2ccc(N3CCCC3)c([N+](=O)[O-])c2)c1)c1cccc(Cl)c1. The predicted octanol–water partition coefficient (Wildman–Crippen LogP) is 5.35. The van der Waals surface area contributed by atoms with Crippen molar-refractivity contribution in [1.29, 1.82) is 0 Å². The first-order valence-electron chi connectivity index (χ1n) is 10.4. The molecule has 0 radical (unpaired) electrons. The van der Waals surface area contributed by atoms with Gasteiger partial charge in [-0.15, -0.1) is 0 Å². The fraction of sp³-hybridized carbons (Fsp3) is 0.167. The molecule has 33 heavy (non-hydrogen) atoms. The van der Waals surface area contributed by atoms with Crippen molar-refractivity contribution in [2.75, 3.05) is 28.6 Å². The molecule has 0 spiro atoms. The number of halogens is 1. The highest BCUT2D eigenvalue weighted by Gasteiger charge is 2.24. The summed E-state index contributed by atoms with van der Waals surface area (Å²) < 4.78 is 0. The molecule has 1 saturated heterocycles. The number of nitro groups is 1. The number of amides is 2. The molecule has 3 aromatic carbocycles. The summed E-state index contributed by atoms with van der Waals surface area (Å²) in [5.41, 5.74) is 1.94. The maximum absolute atomic E-state index is 12.8. The molecule has 168 valence electrons. The number of nitro benzene ring substituents is 1. The van der Waals surface area contributed by atoms with Gasteiger partial charge in [0.15, 0.2) is 0 Å². The van der Waals surface area contributed by atoms with Crippen LogP contribution in [0.4, 0.5) is 22.7 Å². The van der Waals surface area contributed by atoms with Crippen LogP contribution >= 0.6 is 11.6 Å². The fourth-order valence-corrected chi connectivity index (χ4v) is 3.94. The van der Waals surface area contributed by atoms with E-state index in [4.69, 9.17) is 11.6 Å². The van der Waals surface area contributed by atoms with E-state index < -0.39 is 10.8 Å². The van der Waals surface area contributed by atoms with E-state index in [1.165, 1.54) is 6.07 Å². The summed E-state index contributed by atoms with van der Waals surface area (Å²) in [6, 6.07) is 17.7. The molecule has 2 N–H and O–H groups in total. The van der Waals surface area contributed by atoms with Gasteiger partial charge in [-0.2, -0.15) is 0 Å². The molecule has 1 heterocycles. The highest BCUT2D eigenvalue weighted by molar-refractivity contribution is 6.31. The summed E-state index contributed by atoms with van der Waals surface area (Å²) in [4.78, 5) is 38.3. The van der Waals surface area contributed by atoms with Crippen LogP contribution in [0.3, 0.4) is 0 Å². The van der Waals surface area contributed by atoms with Crippen LogP contribution in [0.5, 0.6) is 0 Å². The summed E-state index contributed by atoms with van der Waals surface area (Å²) in [6.07, 6.45) is 1.98. The second kappa shape index (κ2) is 9.70. The number of rotatable bonds is 6. The van der Waals surface area contributed by atoms with E-state index in [9.17, 15) is 19.7 Å². The number of carbonyl (C=O) groups is 2. The molecule has 0 aromatic heterocycles. The predicted molar refractivity (Wildman–Crippen MR) is 128 cm³/mol. The minimum atomic E-state index is -0.482. The molecule has 4 rings (SSSR count). The van der Waals surface area contributed by atoms with E-state index in [0.29, 0.717) is 27.6 Å². The van der Waals surface area contributed by atoms with Crippen molar-refractivity contribution in [2.45, 2.75) is 12.8 Å². The average Bonchev–Trinajstić information content (AvgIpc) is 3.33. The third kappa shape index (κ3) is 5.30. The van der Waals surface area contributed by atoms with Crippen LogP contribution in [0.25, 0.3) is 0 Å². The Kier molecular flexibility index (Phi) is 6.55. The Morgan fingerprint density at radius 3 is 2.06 bits per heavy atom. The van der Waals surface area contributed by atoms with Gasteiger partial charge in [0.05, 0.1) is 4.92 Å². The number of anilines is 3. The lowest BCUT2D eigenvalue weighted by atomic mass is 10.1. The lowest BCUT2D eigenvalue weighted by Gasteiger charge is -2.17. The topological polar surface area (TPSA) is 105 Å². The molecule has 0 bridgehead atoms. The van der Waals surface area contributed by atoms with Gasteiger partial charge in [0, 0.05) is 46.7 Å². The lowest BCUT2D eigenvalue weighted by Crippen LogP contribution is -2.20. The first kappa shape index (κ1) is 22.3. The number of hydrogen-bond acceptors (Lipinski definition) is 5. The first-order valence-corrected chi connectivity index (χ1v) is 10.8. The number of nitrogens with zero attached hydrogens (tertiary/aromatic N) is 2. The first-order chi connectivity index (χ1) is 15.9. The molecule has 0 unspecified atom stereocenters. The summed E-state index contributed by atoms with van der Waals surface area (Å²) >= 11 is 5.94. The average molecular weight is 465 g/mol. The molecule has 1 aliphatic rings. The van der Waals surface area contributed by atoms with Gasteiger partial charge < -0.3 is 15.5 Å². The Bertz CT molecular complexity index is 1220. The van der Waals surface area contributed by atoms with E-state index in [1.807, 2.05) is 4.90 Å². The molecule has 0 atom stereocenters. The number of benzene rings is 3. The molecule has 0 aliphatic carbocycles. The summed E-state index contributed by atoms with van der Waals surface area (Å²) in [7, 11) is 0. The minimum Gasteiger partial charge on any atom is -0.366 e. The van der Waals surface area contributed by atoms with E-state index >= 15 is 0 Å². The maximum atomic E-state index is 12.8. The van der Waals surface area contributed by atoms with Gasteiger partial charge in [-0.3, -0.25) is 19.7 Å². The maximum Gasteiger partial charge on any atom is 0.293 e. The Morgan fingerprint density at radius 2 is 1.45 bits per heavy atom. The van der Waals surface area contributed by atoms with Gasteiger partial charge in [0.25, 0.3) is 17.5 Å². The second-order valence-corrected chi connectivity index (χ2v) is 8.09. The molecular weight excluding hydrogens is 444 g/mol. The van der Waals surface area contributed by atoms with Gasteiger partial charge >= 0.3 is 0 Å². The number of carbonyl (C=O) groups excluding carboxylic acids is 2. The molecule has 2 amide bonds. The highest BCUT2D eigenvalue weighted by Crippen LogP contribution is 2.32. The summed E-state index contributed by atoms with van der Waals surface area (Å²) in [6.45, 7) is 1.53. The molecule has 9 heteroatoms. The quantitative estimate of drug-likeness (QED) is 0.378. The Balaban J connectivity index is 1.49. The largest absolute Gasteiger partial charge is 0.366 e. The van der Waals surface area contributed by atoms with Crippen molar-refractivity contribution in [3.8, 4) is 0 Å². The van der Waals surface area contributed by atoms with E-state index in [2.05, 4.69) is 10.6 Å². The van der Waals surface area contributed by atoms with Crippen molar-refractivity contribution >= 4 is 46.2 Å². The standard InChI is InChI=1S/C24H21ClN4O4/c25-18-6-3-5-16(13-18)23(30)26-19-7-4-8-20(15-19)27-24(31)17-9-10-21(22(14-17)29(32)33)28-11-1-2-12-28/h3-10,13-15H,1-2,11-12H2,(H,26,30)(H,27,31). The molecule has 3 aromatic rings. The Hall–Kier alpha value is -3.91. The van der Waals surface area contributed by atoms with Gasteiger partial charge in [0.1, 0.15) is 5.69 Å². The van der Waals surface area contributed by atoms with Gasteiger partial charge in [-0.25, -0.2) is 0 Å². The Morgan fingerprint density at radius 1 is 0.848 bits per heavy atom. The van der Waals surface area contributed by atoms with Crippen molar-refractivity contribution < 1.29 is 14.5 Å². The van der Waals surface area contributed by atoms with Crippen LogP contribution in [-0.2, 0) is 0 Å². The van der Waals surface area contributed by atoms with Crippen LogP contribution in [0.2, 0.25) is 5.02 Å². The van der Waals surface area contributed by atoms with Gasteiger partial charge in [0.2, 0.25) is 0 Å².